The fraction of sp³-hybridized carbons (Fsp3) is 0.429. The minimum Gasteiger partial charge on any atom is -0.480 e. The first-order chi connectivity index (χ1) is 9.66. The number of amides is 1. The largest absolute Gasteiger partial charge is 0.480 e. The second-order valence-corrected chi connectivity index (χ2v) is 4.65. The number of rotatable bonds is 5. The van der Waals surface area contributed by atoms with Crippen LogP contribution in [0.4, 0.5) is 0 Å². The van der Waals surface area contributed by atoms with Gasteiger partial charge in [-0.1, -0.05) is 30.3 Å². The quantitative estimate of drug-likeness (QED) is 0.693. The average molecular weight is 278 g/mol. The molecule has 1 saturated heterocycles. The molecule has 1 amide bonds. The van der Waals surface area contributed by atoms with Gasteiger partial charge >= 0.3 is 5.97 Å². The lowest BCUT2D eigenvalue weighted by atomic mass is 10.1. The molecule has 0 saturated carbocycles. The first-order valence-corrected chi connectivity index (χ1v) is 6.56. The van der Waals surface area contributed by atoms with E-state index in [0.29, 0.717) is 19.7 Å². The summed E-state index contributed by atoms with van der Waals surface area (Å²) in [7, 11) is 0. The van der Waals surface area contributed by atoms with E-state index >= 15 is 0 Å². The molecule has 0 bridgehead atoms. The van der Waals surface area contributed by atoms with Crippen molar-refractivity contribution < 1.29 is 19.4 Å². The standard InChI is InChI=1S/C14H18N2O4/c17-13(12-9-15-6-7-20-12)16-11(14(18)19)8-10-4-2-1-3-5-10/h1-5,11-12,15H,6-9H2,(H,16,17)(H,18,19)/t11-,12?/m0/s1. The van der Waals surface area contributed by atoms with E-state index in [2.05, 4.69) is 10.6 Å². The number of carboxylic acid groups (broad SMARTS) is 1. The van der Waals surface area contributed by atoms with Crippen LogP contribution >= 0.6 is 0 Å². The van der Waals surface area contributed by atoms with Crippen molar-refractivity contribution in [1.29, 1.82) is 0 Å². The van der Waals surface area contributed by atoms with Crippen molar-refractivity contribution in [3.8, 4) is 0 Å². The van der Waals surface area contributed by atoms with Gasteiger partial charge in [-0.05, 0) is 5.56 Å². The number of aliphatic carboxylic acids is 1. The maximum absolute atomic E-state index is 12.0. The third-order valence-corrected chi connectivity index (χ3v) is 3.12. The molecule has 1 unspecified atom stereocenters. The summed E-state index contributed by atoms with van der Waals surface area (Å²) in [5.74, 6) is -1.44. The Bertz CT molecular complexity index is 458. The molecule has 0 radical (unpaired) electrons. The van der Waals surface area contributed by atoms with Gasteiger partial charge in [0.25, 0.3) is 5.91 Å². The molecule has 0 spiro atoms. The molecule has 1 aliphatic rings. The van der Waals surface area contributed by atoms with Crippen molar-refractivity contribution in [2.24, 2.45) is 0 Å². The number of ether oxygens (including phenoxy) is 1. The molecule has 1 heterocycles. The molecule has 6 heteroatoms. The van der Waals surface area contributed by atoms with E-state index in [9.17, 15) is 14.7 Å². The molecule has 3 N–H and O–H groups in total. The van der Waals surface area contributed by atoms with Gasteiger partial charge in [0.2, 0.25) is 0 Å². The van der Waals surface area contributed by atoms with Crippen LogP contribution in [-0.2, 0) is 20.7 Å². The van der Waals surface area contributed by atoms with Gasteiger partial charge in [0.1, 0.15) is 12.1 Å². The zero-order valence-corrected chi connectivity index (χ0v) is 11.0. The van der Waals surface area contributed by atoms with E-state index in [0.717, 1.165) is 5.56 Å². The molecule has 1 aliphatic heterocycles. The van der Waals surface area contributed by atoms with Gasteiger partial charge < -0.3 is 20.5 Å². The number of benzene rings is 1. The van der Waals surface area contributed by atoms with Crippen molar-refractivity contribution in [2.75, 3.05) is 19.7 Å². The van der Waals surface area contributed by atoms with Crippen LogP contribution < -0.4 is 10.6 Å². The van der Waals surface area contributed by atoms with Gasteiger partial charge in [-0.25, -0.2) is 4.79 Å². The maximum atomic E-state index is 12.0. The normalized spacial score (nSPS) is 20.1. The molecule has 2 rings (SSSR count). The summed E-state index contributed by atoms with van der Waals surface area (Å²) in [6.45, 7) is 1.56. The first kappa shape index (κ1) is 14.5. The van der Waals surface area contributed by atoms with Crippen LogP contribution in [0.25, 0.3) is 0 Å². The topological polar surface area (TPSA) is 87.7 Å². The zero-order chi connectivity index (χ0) is 14.4. The summed E-state index contributed by atoms with van der Waals surface area (Å²) in [6.07, 6.45) is -0.372. The van der Waals surface area contributed by atoms with Crippen LogP contribution in [0.2, 0.25) is 0 Å². The van der Waals surface area contributed by atoms with E-state index in [1.807, 2.05) is 30.3 Å². The van der Waals surface area contributed by atoms with Crippen molar-refractivity contribution in [2.45, 2.75) is 18.6 Å². The third-order valence-electron chi connectivity index (χ3n) is 3.12. The molecule has 20 heavy (non-hydrogen) atoms. The lowest BCUT2D eigenvalue weighted by Gasteiger charge is -2.24. The lowest BCUT2D eigenvalue weighted by molar-refractivity contribution is -0.144. The van der Waals surface area contributed by atoms with Gasteiger partial charge in [-0.2, -0.15) is 0 Å². The highest BCUT2D eigenvalue weighted by atomic mass is 16.5. The van der Waals surface area contributed by atoms with Crippen LogP contribution in [0, 0.1) is 0 Å². The van der Waals surface area contributed by atoms with Crippen LogP contribution in [0.3, 0.4) is 0 Å². The van der Waals surface area contributed by atoms with Gasteiger partial charge in [-0.3, -0.25) is 4.79 Å². The molecule has 108 valence electrons. The summed E-state index contributed by atoms with van der Waals surface area (Å²) < 4.78 is 5.30. The van der Waals surface area contributed by atoms with Crippen LogP contribution in [-0.4, -0.2) is 48.8 Å². The molecule has 6 nitrogen and oxygen atoms in total. The van der Waals surface area contributed by atoms with Crippen molar-refractivity contribution in [3.63, 3.8) is 0 Å². The summed E-state index contributed by atoms with van der Waals surface area (Å²) in [4.78, 5) is 23.2. The summed E-state index contributed by atoms with van der Waals surface area (Å²) in [5, 5.41) is 14.8. The van der Waals surface area contributed by atoms with E-state index in [-0.39, 0.29) is 12.3 Å². The van der Waals surface area contributed by atoms with E-state index in [4.69, 9.17) is 4.74 Å². The minimum absolute atomic E-state index is 0.252. The predicted molar refractivity (Wildman–Crippen MR) is 72.3 cm³/mol. The first-order valence-electron chi connectivity index (χ1n) is 6.56. The van der Waals surface area contributed by atoms with E-state index in [1.165, 1.54) is 0 Å². The summed E-state index contributed by atoms with van der Waals surface area (Å²) in [5.41, 5.74) is 0.864. The Labute approximate surface area is 117 Å². The van der Waals surface area contributed by atoms with E-state index in [1.54, 1.807) is 0 Å². The molecule has 0 aliphatic carbocycles. The number of carbonyl (C=O) groups excluding carboxylic acids is 1. The number of hydrogen-bond donors (Lipinski definition) is 3. The fourth-order valence-electron chi connectivity index (χ4n) is 2.05. The molecule has 1 aromatic rings. The van der Waals surface area contributed by atoms with Gasteiger partial charge in [-0.15, -0.1) is 0 Å². The molecular formula is C14H18N2O4. The number of carbonyl (C=O) groups is 2. The average Bonchev–Trinajstić information content (AvgIpc) is 2.48. The zero-order valence-electron chi connectivity index (χ0n) is 11.0. The Kier molecular flexibility index (Phi) is 5.09. The highest BCUT2D eigenvalue weighted by Gasteiger charge is 2.27. The molecule has 2 atom stereocenters. The van der Waals surface area contributed by atoms with E-state index < -0.39 is 18.1 Å². The highest BCUT2D eigenvalue weighted by molar-refractivity contribution is 5.86. The number of nitrogens with one attached hydrogen (secondary N) is 2. The Morgan fingerprint density at radius 3 is 2.75 bits per heavy atom. The maximum Gasteiger partial charge on any atom is 0.326 e. The number of hydrogen-bond acceptors (Lipinski definition) is 4. The van der Waals surface area contributed by atoms with Gasteiger partial charge in [0.05, 0.1) is 6.61 Å². The molecule has 1 aromatic carbocycles. The fourth-order valence-corrected chi connectivity index (χ4v) is 2.05. The Balaban J connectivity index is 1.95. The number of morpholine rings is 1. The smallest absolute Gasteiger partial charge is 0.326 e. The number of carboxylic acids is 1. The van der Waals surface area contributed by atoms with Crippen molar-refractivity contribution in [1.82, 2.24) is 10.6 Å². The second-order valence-electron chi connectivity index (χ2n) is 4.65. The SMILES string of the molecule is O=C(N[C@@H](Cc1ccccc1)C(=O)O)C1CNCCO1. The second kappa shape index (κ2) is 7.02. The molecule has 0 aromatic heterocycles. The third kappa shape index (κ3) is 4.04. The van der Waals surface area contributed by atoms with Crippen LogP contribution in [0.1, 0.15) is 5.56 Å². The predicted octanol–water partition coefficient (Wildman–Crippen LogP) is -0.213. The van der Waals surface area contributed by atoms with Gasteiger partial charge in [0.15, 0.2) is 0 Å². The summed E-state index contributed by atoms with van der Waals surface area (Å²) >= 11 is 0. The molecule has 1 fully saturated rings. The highest BCUT2D eigenvalue weighted by Crippen LogP contribution is 2.05. The van der Waals surface area contributed by atoms with Gasteiger partial charge in [0, 0.05) is 19.5 Å². The van der Waals surface area contributed by atoms with Crippen LogP contribution in [0.5, 0.6) is 0 Å². The Hall–Kier alpha value is -1.92. The van der Waals surface area contributed by atoms with Crippen molar-refractivity contribution >= 4 is 11.9 Å². The Morgan fingerprint density at radius 2 is 2.15 bits per heavy atom. The molecular weight excluding hydrogens is 260 g/mol. The Morgan fingerprint density at radius 1 is 1.40 bits per heavy atom. The minimum atomic E-state index is -1.05. The monoisotopic (exact) mass is 278 g/mol. The van der Waals surface area contributed by atoms with Crippen LogP contribution in [0.15, 0.2) is 30.3 Å². The van der Waals surface area contributed by atoms with Crippen molar-refractivity contribution in [3.05, 3.63) is 35.9 Å². The lowest BCUT2D eigenvalue weighted by Crippen LogP contribution is -2.52. The summed E-state index contributed by atoms with van der Waals surface area (Å²) in [6, 6.07) is 8.26.